The average Bonchev–Trinajstić information content (AvgIpc) is 2.12. The van der Waals surface area contributed by atoms with Crippen molar-refractivity contribution >= 4 is 5.91 Å². The second kappa shape index (κ2) is 5.67. The molecule has 0 aliphatic heterocycles. The fourth-order valence-electron chi connectivity index (χ4n) is 1.83. The molecule has 2 N–H and O–H groups in total. The number of hydrogen-bond acceptors (Lipinski definition) is 2. The summed E-state index contributed by atoms with van der Waals surface area (Å²) in [6.07, 6.45) is 1.12. The van der Waals surface area contributed by atoms with E-state index in [2.05, 4.69) is 38.3 Å². The summed E-state index contributed by atoms with van der Waals surface area (Å²) in [5.74, 6) is 0.719. The summed E-state index contributed by atoms with van der Waals surface area (Å²) in [6, 6.07) is 0. The van der Waals surface area contributed by atoms with Gasteiger partial charge in [-0.25, -0.2) is 0 Å². The first kappa shape index (κ1) is 15.4. The van der Waals surface area contributed by atoms with Crippen LogP contribution in [0.3, 0.4) is 0 Å². The fourth-order valence-corrected chi connectivity index (χ4v) is 1.83. The van der Waals surface area contributed by atoms with Crippen LogP contribution in [0.2, 0.25) is 0 Å². The van der Waals surface area contributed by atoms with E-state index in [1.165, 1.54) is 0 Å². The van der Waals surface area contributed by atoms with Gasteiger partial charge in [-0.2, -0.15) is 0 Å². The molecule has 0 heterocycles. The Bertz CT molecular complexity index is 232. The molecule has 0 aliphatic rings. The highest BCUT2D eigenvalue weighted by Gasteiger charge is 2.27. The van der Waals surface area contributed by atoms with Gasteiger partial charge in [-0.3, -0.25) is 4.79 Å². The highest BCUT2D eigenvalue weighted by molar-refractivity contribution is 5.85. The van der Waals surface area contributed by atoms with Gasteiger partial charge in [0.1, 0.15) is 0 Å². The SMILES string of the molecule is CNC(C)(C)C(=O)NCC(C)(C)CC(C)C. The highest BCUT2D eigenvalue weighted by atomic mass is 16.2. The zero-order valence-electron chi connectivity index (χ0n) is 11.9. The standard InChI is InChI=1S/C13H28N2O/c1-10(2)8-12(3,4)9-15-11(16)13(5,6)14-7/h10,14H,8-9H2,1-7H3,(H,15,16). The summed E-state index contributed by atoms with van der Waals surface area (Å²) in [6.45, 7) is 13.3. The molecule has 0 aromatic rings. The maximum absolute atomic E-state index is 11.9. The average molecular weight is 228 g/mol. The summed E-state index contributed by atoms with van der Waals surface area (Å²) in [5.41, 5.74) is -0.332. The second-order valence-corrected chi connectivity index (χ2v) is 6.32. The summed E-state index contributed by atoms with van der Waals surface area (Å²) in [4.78, 5) is 11.9. The Kier molecular flexibility index (Phi) is 5.47. The molecule has 0 saturated heterocycles. The van der Waals surface area contributed by atoms with Gasteiger partial charge < -0.3 is 10.6 Å². The molecule has 0 spiro atoms. The van der Waals surface area contributed by atoms with Crippen molar-refractivity contribution in [2.24, 2.45) is 11.3 Å². The Morgan fingerprint density at radius 2 is 1.69 bits per heavy atom. The van der Waals surface area contributed by atoms with Gasteiger partial charge in [0.15, 0.2) is 0 Å². The van der Waals surface area contributed by atoms with Crippen LogP contribution in [0.4, 0.5) is 0 Å². The van der Waals surface area contributed by atoms with Gasteiger partial charge in [0.25, 0.3) is 0 Å². The van der Waals surface area contributed by atoms with E-state index < -0.39 is 5.54 Å². The molecule has 3 heteroatoms. The molecule has 0 fully saturated rings. The van der Waals surface area contributed by atoms with Gasteiger partial charge >= 0.3 is 0 Å². The lowest BCUT2D eigenvalue weighted by Crippen LogP contribution is -2.52. The van der Waals surface area contributed by atoms with E-state index >= 15 is 0 Å². The molecule has 96 valence electrons. The fraction of sp³-hybridized carbons (Fsp3) is 0.923. The van der Waals surface area contributed by atoms with Gasteiger partial charge in [0, 0.05) is 6.54 Å². The van der Waals surface area contributed by atoms with E-state index in [-0.39, 0.29) is 11.3 Å². The third kappa shape index (κ3) is 5.50. The lowest BCUT2D eigenvalue weighted by molar-refractivity contribution is -0.126. The Morgan fingerprint density at radius 3 is 2.06 bits per heavy atom. The first-order chi connectivity index (χ1) is 7.10. The largest absolute Gasteiger partial charge is 0.354 e. The Labute approximate surface area is 100 Å². The predicted molar refractivity (Wildman–Crippen MR) is 69.4 cm³/mol. The van der Waals surface area contributed by atoms with Crippen LogP contribution < -0.4 is 10.6 Å². The van der Waals surface area contributed by atoms with Crippen molar-refractivity contribution < 1.29 is 4.79 Å². The van der Waals surface area contributed by atoms with Crippen LogP contribution >= 0.6 is 0 Å². The van der Waals surface area contributed by atoms with Crippen molar-refractivity contribution in [1.29, 1.82) is 0 Å². The maximum atomic E-state index is 11.9. The van der Waals surface area contributed by atoms with Crippen molar-refractivity contribution in [1.82, 2.24) is 10.6 Å². The number of rotatable bonds is 6. The molecule has 0 aromatic carbocycles. The van der Waals surface area contributed by atoms with Crippen molar-refractivity contribution in [2.75, 3.05) is 13.6 Å². The number of likely N-dealkylation sites (N-methyl/N-ethyl adjacent to an activating group) is 1. The normalized spacial score (nSPS) is 13.0. The van der Waals surface area contributed by atoms with Crippen molar-refractivity contribution in [3.8, 4) is 0 Å². The van der Waals surface area contributed by atoms with E-state index in [0.717, 1.165) is 13.0 Å². The van der Waals surface area contributed by atoms with Gasteiger partial charge in [0.2, 0.25) is 5.91 Å². The number of amides is 1. The van der Waals surface area contributed by atoms with Crippen LogP contribution in [-0.4, -0.2) is 25.0 Å². The predicted octanol–water partition coefficient (Wildman–Crippen LogP) is 2.17. The summed E-state index contributed by atoms with van der Waals surface area (Å²) in [7, 11) is 1.80. The maximum Gasteiger partial charge on any atom is 0.239 e. The minimum absolute atomic E-state index is 0.0619. The smallest absolute Gasteiger partial charge is 0.239 e. The molecule has 3 nitrogen and oxygen atoms in total. The van der Waals surface area contributed by atoms with Crippen LogP contribution in [0.5, 0.6) is 0 Å². The molecule has 0 atom stereocenters. The van der Waals surface area contributed by atoms with Crippen molar-refractivity contribution in [3.63, 3.8) is 0 Å². The number of nitrogens with one attached hydrogen (secondary N) is 2. The lowest BCUT2D eigenvalue weighted by Gasteiger charge is -2.30. The number of carbonyl (C=O) groups excluding carboxylic acids is 1. The summed E-state index contributed by atoms with van der Waals surface area (Å²) in [5, 5.41) is 6.02. The van der Waals surface area contributed by atoms with Crippen LogP contribution in [-0.2, 0) is 4.79 Å². The molecule has 0 bridgehead atoms. The van der Waals surface area contributed by atoms with Gasteiger partial charge in [-0.05, 0) is 38.6 Å². The first-order valence-corrected chi connectivity index (χ1v) is 6.08. The van der Waals surface area contributed by atoms with Crippen LogP contribution in [0.1, 0.15) is 48.0 Å². The molecular formula is C13H28N2O. The third-order valence-corrected chi connectivity index (χ3v) is 2.88. The number of carbonyl (C=O) groups is 1. The Balaban J connectivity index is 4.19. The van der Waals surface area contributed by atoms with Gasteiger partial charge in [0.05, 0.1) is 5.54 Å². The molecule has 0 saturated carbocycles. The number of hydrogen-bond donors (Lipinski definition) is 2. The second-order valence-electron chi connectivity index (χ2n) is 6.32. The molecule has 0 radical (unpaired) electrons. The minimum atomic E-state index is -0.492. The monoisotopic (exact) mass is 228 g/mol. The van der Waals surface area contributed by atoms with Gasteiger partial charge in [-0.15, -0.1) is 0 Å². The minimum Gasteiger partial charge on any atom is -0.354 e. The lowest BCUT2D eigenvalue weighted by atomic mass is 9.84. The Hall–Kier alpha value is -0.570. The van der Waals surface area contributed by atoms with E-state index in [0.29, 0.717) is 5.92 Å². The quantitative estimate of drug-likeness (QED) is 0.731. The van der Waals surface area contributed by atoms with Crippen molar-refractivity contribution in [3.05, 3.63) is 0 Å². The molecule has 0 aliphatic carbocycles. The highest BCUT2D eigenvalue weighted by Crippen LogP contribution is 2.24. The molecule has 0 rings (SSSR count). The van der Waals surface area contributed by atoms with Gasteiger partial charge in [-0.1, -0.05) is 27.7 Å². The van der Waals surface area contributed by atoms with E-state index in [1.807, 2.05) is 13.8 Å². The van der Waals surface area contributed by atoms with E-state index in [9.17, 15) is 4.79 Å². The molecule has 0 unspecified atom stereocenters. The van der Waals surface area contributed by atoms with Crippen LogP contribution in [0, 0.1) is 11.3 Å². The van der Waals surface area contributed by atoms with E-state index in [1.54, 1.807) is 7.05 Å². The van der Waals surface area contributed by atoms with Crippen molar-refractivity contribution in [2.45, 2.75) is 53.5 Å². The van der Waals surface area contributed by atoms with Crippen LogP contribution in [0.25, 0.3) is 0 Å². The van der Waals surface area contributed by atoms with E-state index in [4.69, 9.17) is 0 Å². The zero-order chi connectivity index (χ0) is 13.0. The third-order valence-electron chi connectivity index (χ3n) is 2.88. The molecular weight excluding hydrogens is 200 g/mol. The summed E-state index contributed by atoms with van der Waals surface area (Å²) < 4.78 is 0. The van der Waals surface area contributed by atoms with Crippen LogP contribution in [0.15, 0.2) is 0 Å². The molecule has 1 amide bonds. The topological polar surface area (TPSA) is 41.1 Å². The molecule has 0 aromatic heterocycles. The zero-order valence-corrected chi connectivity index (χ0v) is 11.9. The molecule has 16 heavy (non-hydrogen) atoms. The summed E-state index contributed by atoms with van der Waals surface area (Å²) >= 11 is 0. The first-order valence-electron chi connectivity index (χ1n) is 6.08. The Morgan fingerprint density at radius 1 is 1.19 bits per heavy atom.